The van der Waals surface area contributed by atoms with E-state index in [4.69, 9.17) is 4.74 Å². The van der Waals surface area contributed by atoms with Crippen LogP contribution in [-0.4, -0.2) is 24.8 Å². The molecular weight excluding hydrogens is 222 g/mol. The minimum atomic E-state index is -0.195. The molecule has 1 fully saturated rings. The summed E-state index contributed by atoms with van der Waals surface area (Å²) < 4.78 is 5.32. The average Bonchev–Trinajstić information content (AvgIpc) is 2.77. The van der Waals surface area contributed by atoms with Crippen molar-refractivity contribution in [2.24, 2.45) is 0 Å². The van der Waals surface area contributed by atoms with Crippen LogP contribution in [0.1, 0.15) is 17.9 Å². The number of carbonyl (C=O) groups excluding carboxylic acids is 1. The molecule has 0 aromatic heterocycles. The SMILES string of the molecule is COc1ccccc1C1CCNC1C(=O)S. The van der Waals surface area contributed by atoms with Crippen molar-refractivity contribution in [3.8, 4) is 5.75 Å². The van der Waals surface area contributed by atoms with Gasteiger partial charge >= 0.3 is 0 Å². The smallest absolute Gasteiger partial charge is 0.203 e. The second-order valence-electron chi connectivity index (χ2n) is 3.91. The Morgan fingerprint density at radius 1 is 1.50 bits per heavy atom. The van der Waals surface area contributed by atoms with Crippen molar-refractivity contribution >= 4 is 17.7 Å². The lowest BCUT2D eigenvalue weighted by atomic mass is 9.92. The van der Waals surface area contributed by atoms with Gasteiger partial charge in [0.1, 0.15) is 5.75 Å². The number of methoxy groups -OCH3 is 1. The highest BCUT2D eigenvalue weighted by Crippen LogP contribution is 2.34. The average molecular weight is 237 g/mol. The molecule has 0 spiro atoms. The summed E-state index contributed by atoms with van der Waals surface area (Å²) in [7, 11) is 1.65. The van der Waals surface area contributed by atoms with Crippen LogP contribution in [0.15, 0.2) is 24.3 Å². The first kappa shape index (κ1) is 11.5. The van der Waals surface area contributed by atoms with Crippen molar-refractivity contribution in [2.75, 3.05) is 13.7 Å². The summed E-state index contributed by atoms with van der Waals surface area (Å²) >= 11 is 3.92. The summed E-state index contributed by atoms with van der Waals surface area (Å²) in [5, 5.41) is 3.07. The van der Waals surface area contributed by atoms with Crippen molar-refractivity contribution < 1.29 is 9.53 Å². The maximum absolute atomic E-state index is 11.4. The number of benzene rings is 1. The Labute approximate surface area is 101 Å². The normalized spacial score (nSPS) is 24.4. The Bertz CT molecular complexity index is 394. The maximum atomic E-state index is 11.4. The van der Waals surface area contributed by atoms with Gasteiger partial charge in [-0.15, -0.1) is 12.6 Å². The zero-order valence-electron chi connectivity index (χ0n) is 9.14. The third kappa shape index (κ3) is 2.08. The fourth-order valence-corrected chi connectivity index (χ4v) is 2.54. The van der Waals surface area contributed by atoms with Gasteiger partial charge in [0.15, 0.2) is 0 Å². The fourth-order valence-electron chi connectivity index (χ4n) is 2.27. The van der Waals surface area contributed by atoms with E-state index in [1.807, 2.05) is 24.3 Å². The molecule has 16 heavy (non-hydrogen) atoms. The minimum Gasteiger partial charge on any atom is -0.496 e. The van der Waals surface area contributed by atoms with Crippen LogP contribution in [0.3, 0.4) is 0 Å². The summed E-state index contributed by atoms with van der Waals surface area (Å²) in [6, 6.07) is 7.64. The van der Waals surface area contributed by atoms with E-state index in [1.165, 1.54) is 0 Å². The second kappa shape index (κ2) is 4.89. The van der Waals surface area contributed by atoms with E-state index in [0.717, 1.165) is 24.3 Å². The lowest BCUT2D eigenvalue weighted by Gasteiger charge is -2.19. The first-order chi connectivity index (χ1) is 7.74. The summed E-state index contributed by atoms with van der Waals surface area (Å²) in [5.74, 6) is 1.01. The van der Waals surface area contributed by atoms with Crippen molar-refractivity contribution in [2.45, 2.75) is 18.4 Å². The molecule has 2 unspecified atom stereocenters. The topological polar surface area (TPSA) is 38.3 Å². The number of para-hydroxylation sites is 1. The van der Waals surface area contributed by atoms with Crippen LogP contribution >= 0.6 is 12.6 Å². The number of ether oxygens (including phenoxy) is 1. The maximum Gasteiger partial charge on any atom is 0.203 e. The molecule has 1 aliphatic rings. The molecule has 2 rings (SSSR count). The van der Waals surface area contributed by atoms with Crippen LogP contribution in [0, 0.1) is 0 Å². The van der Waals surface area contributed by atoms with Crippen LogP contribution in [0.25, 0.3) is 0 Å². The third-order valence-corrected chi connectivity index (χ3v) is 3.30. The number of rotatable bonds is 3. The van der Waals surface area contributed by atoms with E-state index in [-0.39, 0.29) is 17.1 Å². The Hall–Kier alpha value is -1.000. The van der Waals surface area contributed by atoms with Gasteiger partial charge in [0.05, 0.1) is 13.2 Å². The standard InChI is InChI=1S/C12H15NO2S/c1-15-10-5-3-2-4-8(10)9-6-7-13-11(9)12(14)16/h2-5,9,11,13H,6-7H2,1H3,(H,14,16). The van der Waals surface area contributed by atoms with Gasteiger partial charge in [-0.1, -0.05) is 18.2 Å². The van der Waals surface area contributed by atoms with Crippen molar-refractivity contribution in [3.05, 3.63) is 29.8 Å². The van der Waals surface area contributed by atoms with Gasteiger partial charge < -0.3 is 10.1 Å². The largest absolute Gasteiger partial charge is 0.496 e. The van der Waals surface area contributed by atoms with Gasteiger partial charge in [0, 0.05) is 5.92 Å². The summed E-state index contributed by atoms with van der Waals surface area (Å²) in [6.45, 7) is 0.847. The number of hydrogen-bond donors (Lipinski definition) is 2. The van der Waals surface area contributed by atoms with E-state index >= 15 is 0 Å². The van der Waals surface area contributed by atoms with Gasteiger partial charge in [-0.25, -0.2) is 0 Å². The molecule has 1 saturated heterocycles. The van der Waals surface area contributed by atoms with E-state index in [2.05, 4.69) is 17.9 Å². The number of carbonyl (C=O) groups is 1. The molecule has 0 radical (unpaired) electrons. The lowest BCUT2D eigenvalue weighted by Crippen LogP contribution is -2.31. The molecule has 86 valence electrons. The highest BCUT2D eigenvalue weighted by molar-refractivity contribution is 7.96. The monoisotopic (exact) mass is 237 g/mol. The highest BCUT2D eigenvalue weighted by atomic mass is 32.1. The number of hydrogen-bond acceptors (Lipinski definition) is 3. The predicted molar refractivity (Wildman–Crippen MR) is 66.1 cm³/mol. The number of thiol groups is 1. The molecule has 1 N–H and O–H groups in total. The van der Waals surface area contributed by atoms with Crippen LogP contribution in [-0.2, 0) is 4.79 Å². The second-order valence-corrected chi connectivity index (χ2v) is 4.35. The molecular formula is C12H15NO2S. The third-order valence-electron chi connectivity index (χ3n) is 3.03. The quantitative estimate of drug-likeness (QED) is 0.784. The zero-order chi connectivity index (χ0) is 11.5. The highest BCUT2D eigenvalue weighted by Gasteiger charge is 2.33. The van der Waals surface area contributed by atoms with Crippen LogP contribution < -0.4 is 10.1 Å². The van der Waals surface area contributed by atoms with Crippen LogP contribution in [0.2, 0.25) is 0 Å². The van der Waals surface area contributed by atoms with E-state index in [1.54, 1.807) is 7.11 Å². The van der Waals surface area contributed by atoms with Crippen molar-refractivity contribution in [1.82, 2.24) is 5.32 Å². The first-order valence-electron chi connectivity index (χ1n) is 5.33. The number of nitrogens with one attached hydrogen (secondary N) is 1. The molecule has 0 amide bonds. The van der Waals surface area contributed by atoms with Crippen molar-refractivity contribution in [1.29, 1.82) is 0 Å². The van der Waals surface area contributed by atoms with Gasteiger partial charge in [0.25, 0.3) is 0 Å². The van der Waals surface area contributed by atoms with Gasteiger partial charge in [0.2, 0.25) is 5.12 Å². The van der Waals surface area contributed by atoms with E-state index in [0.29, 0.717) is 0 Å². The van der Waals surface area contributed by atoms with Crippen LogP contribution in [0.4, 0.5) is 0 Å². The lowest BCUT2D eigenvalue weighted by molar-refractivity contribution is -0.112. The molecule has 0 saturated carbocycles. The Morgan fingerprint density at radius 3 is 2.94 bits per heavy atom. The molecule has 1 aromatic rings. The van der Waals surface area contributed by atoms with Gasteiger partial charge in [-0.3, -0.25) is 4.79 Å². The van der Waals surface area contributed by atoms with Gasteiger partial charge in [-0.05, 0) is 24.6 Å². The first-order valence-corrected chi connectivity index (χ1v) is 5.78. The molecule has 1 heterocycles. The van der Waals surface area contributed by atoms with Crippen molar-refractivity contribution in [3.63, 3.8) is 0 Å². The molecule has 0 bridgehead atoms. The zero-order valence-corrected chi connectivity index (χ0v) is 10.0. The van der Waals surface area contributed by atoms with Crippen LogP contribution in [0.5, 0.6) is 5.75 Å². The molecule has 1 aromatic carbocycles. The Kier molecular flexibility index (Phi) is 3.51. The molecule has 4 heteroatoms. The van der Waals surface area contributed by atoms with Gasteiger partial charge in [-0.2, -0.15) is 0 Å². The molecule has 0 aliphatic carbocycles. The summed E-state index contributed by atoms with van der Waals surface area (Å²) in [4.78, 5) is 11.4. The molecule has 3 nitrogen and oxygen atoms in total. The Morgan fingerprint density at radius 2 is 2.25 bits per heavy atom. The summed E-state index contributed by atoms with van der Waals surface area (Å²) in [6.07, 6.45) is 0.942. The molecule has 1 aliphatic heterocycles. The predicted octanol–water partition coefficient (Wildman–Crippen LogP) is 1.60. The molecule has 2 atom stereocenters. The van der Waals surface area contributed by atoms with E-state index in [9.17, 15) is 4.79 Å². The Balaban J connectivity index is 2.32. The fraction of sp³-hybridized carbons (Fsp3) is 0.417. The minimum absolute atomic E-state index is 0.103. The van der Waals surface area contributed by atoms with E-state index < -0.39 is 0 Å². The summed E-state index contributed by atoms with van der Waals surface area (Å²) in [5.41, 5.74) is 1.09.